The summed E-state index contributed by atoms with van der Waals surface area (Å²) < 4.78 is 11.1. The first kappa shape index (κ1) is 13.9. The lowest BCUT2D eigenvalue weighted by Crippen LogP contribution is -2.07. The van der Waals surface area contributed by atoms with E-state index in [2.05, 4.69) is 12.1 Å². The Bertz CT molecular complexity index is 443. The molecule has 0 aliphatic heterocycles. The highest BCUT2D eigenvalue weighted by molar-refractivity contribution is 6.04. The van der Waals surface area contributed by atoms with Crippen LogP contribution in [0.4, 0.5) is 0 Å². The first-order valence-corrected chi connectivity index (χ1v) is 6.90. The zero-order chi connectivity index (χ0) is 13.5. The molecule has 1 N–H and O–H groups in total. The van der Waals surface area contributed by atoms with E-state index in [1.807, 2.05) is 18.2 Å². The van der Waals surface area contributed by atoms with E-state index < -0.39 is 0 Å². The van der Waals surface area contributed by atoms with Crippen molar-refractivity contribution in [2.75, 3.05) is 19.8 Å². The molecule has 0 aromatic heterocycles. The third-order valence-electron chi connectivity index (χ3n) is 3.28. The van der Waals surface area contributed by atoms with Gasteiger partial charge in [-0.2, -0.15) is 0 Å². The van der Waals surface area contributed by atoms with Gasteiger partial charge >= 0.3 is 0 Å². The van der Waals surface area contributed by atoms with Crippen molar-refractivity contribution >= 4 is 5.71 Å². The normalized spacial score (nSPS) is 15.7. The van der Waals surface area contributed by atoms with Gasteiger partial charge in [-0.15, -0.1) is 0 Å². The minimum Gasteiger partial charge on any atom is -0.491 e. The van der Waals surface area contributed by atoms with Crippen molar-refractivity contribution in [3.05, 3.63) is 29.3 Å². The Morgan fingerprint density at radius 3 is 2.89 bits per heavy atom. The molecule has 0 saturated heterocycles. The van der Waals surface area contributed by atoms with Gasteiger partial charge in [0.05, 0.1) is 12.3 Å². The minimum absolute atomic E-state index is 0.573. The van der Waals surface area contributed by atoms with Gasteiger partial charge in [0.25, 0.3) is 0 Å². The largest absolute Gasteiger partial charge is 0.491 e. The number of hydrogen-bond acceptors (Lipinski definition) is 4. The lowest BCUT2D eigenvalue weighted by Gasteiger charge is -2.08. The second-order valence-electron chi connectivity index (χ2n) is 4.68. The number of unbranched alkanes of at least 4 members (excludes halogenated alkanes) is 1. The van der Waals surface area contributed by atoms with Crippen molar-refractivity contribution in [1.82, 2.24) is 0 Å². The Hall–Kier alpha value is -1.55. The second kappa shape index (κ2) is 7.14. The van der Waals surface area contributed by atoms with Crippen LogP contribution in [0.25, 0.3) is 0 Å². The summed E-state index contributed by atoms with van der Waals surface area (Å²) in [5.41, 5.74) is 3.00. The summed E-state index contributed by atoms with van der Waals surface area (Å²) in [5, 5.41) is 12.2. The molecule has 0 fully saturated rings. The van der Waals surface area contributed by atoms with E-state index in [-0.39, 0.29) is 0 Å². The summed E-state index contributed by atoms with van der Waals surface area (Å²) in [6, 6.07) is 5.91. The maximum atomic E-state index is 8.87. The van der Waals surface area contributed by atoms with Crippen LogP contribution in [0.2, 0.25) is 0 Å². The average molecular weight is 263 g/mol. The Kier molecular flexibility index (Phi) is 5.21. The molecule has 2 rings (SSSR count). The van der Waals surface area contributed by atoms with Gasteiger partial charge in [-0.1, -0.05) is 18.5 Å². The van der Waals surface area contributed by atoms with Gasteiger partial charge in [0.1, 0.15) is 12.4 Å². The molecule has 4 nitrogen and oxygen atoms in total. The number of rotatable bonds is 7. The fourth-order valence-corrected chi connectivity index (χ4v) is 2.21. The zero-order valence-corrected chi connectivity index (χ0v) is 11.4. The Morgan fingerprint density at radius 1 is 1.21 bits per heavy atom. The van der Waals surface area contributed by atoms with E-state index in [9.17, 15) is 0 Å². The molecule has 0 atom stereocenters. The molecule has 1 aromatic rings. The molecule has 0 amide bonds. The summed E-state index contributed by atoms with van der Waals surface area (Å²) in [6.07, 6.45) is 3.97. The highest BCUT2D eigenvalue weighted by Gasteiger charge is 2.18. The maximum absolute atomic E-state index is 8.87. The number of oxime groups is 1. The van der Waals surface area contributed by atoms with Gasteiger partial charge in [-0.3, -0.25) is 0 Å². The Balaban J connectivity index is 1.80. The van der Waals surface area contributed by atoms with E-state index in [4.69, 9.17) is 14.7 Å². The van der Waals surface area contributed by atoms with Crippen molar-refractivity contribution in [3.63, 3.8) is 0 Å². The van der Waals surface area contributed by atoms with Crippen LogP contribution >= 0.6 is 0 Å². The van der Waals surface area contributed by atoms with Crippen LogP contribution in [-0.2, 0) is 11.2 Å². The predicted molar refractivity (Wildman–Crippen MR) is 74.3 cm³/mol. The predicted octanol–water partition coefficient (Wildman–Crippen LogP) is 3.01. The number of ether oxygens (including phenoxy) is 2. The summed E-state index contributed by atoms with van der Waals surface area (Å²) in [6.45, 7) is 4.15. The zero-order valence-electron chi connectivity index (χ0n) is 11.4. The second-order valence-corrected chi connectivity index (χ2v) is 4.68. The lowest BCUT2D eigenvalue weighted by atomic mass is 10.1. The van der Waals surface area contributed by atoms with Crippen LogP contribution in [0.15, 0.2) is 23.4 Å². The SMILES string of the molecule is CCCCOCCOc1ccc2c(c1)CC/C2=N\O. The molecule has 104 valence electrons. The highest BCUT2D eigenvalue weighted by Crippen LogP contribution is 2.26. The molecule has 19 heavy (non-hydrogen) atoms. The molecule has 4 heteroatoms. The van der Waals surface area contributed by atoms with Crippen LogP contribution in [0.3, 0.4) is 0 Å². The number of hydrogen-bond donors (Lipinski definition) is 1. The fourth-order valence-electron chi connectivity index (χ4n) is 2.21. The maximum Gasteiger partial charge on any atom is 0.119 e. The number of aryl methyl sites for hydroxylation is 1. The molecular weight excluding hydrogens is 242 g/mol. The van der Waals surface area contributed by atoms with Crippen LogP contribution in [0, 0.1) is 0 Å². The highest BCUT2D eigenvalue weighted by atomic mass is 16.5. The number of fused-ring (bicyclic) bond motifs is 1. The molecule has 1 aliphatic carbocycles. The van der Waals surface area contributed by atoms with Gasteiger partial charge in [-0.25, -0.2) is 0 Å². The topological polar surface area (TPSA) is 51.0 Å². The van der Waals surface area contributed by atoms with Crippen LogP contribution in [0.5, 0.6) is 5.75 Å². The van der Waals surface area contributed by atoms with Gasteiger partial charge in [-0.05, 0) is 43.0 Å². The van der Waals surface area contributed by atoms with Crippen molar-refractivity contribution in [2.24, 2.45) is 5.16 Å². The van der Waals surface area contributed by atoms with E-state index in [0.29, 0.717) is 13.2 Å². The van der Waals surface area contributed by atoms with E-state index in [0.717, 1.165) is 49.3 Å². The molecule has 0 unspecified atom stereocenters. The molecule has 0 heterocycles. The molecule has 0 bridgehead atoms. The molecule has 0 radical (unpaired) electrons. The van der Waals surface area contributed by atoms with Gasteiger partial charge in [0.15, 0.2) is 0 Å². The lowest BCUT2D eigenvalue weighted by molar-refractivity contribution is 0.0980. The molecular formula is C15H21NO3. The molecule has 1 aromatic carbocycles. The Labute approximate surface area is 114 Å². The number of benzene rings is 1. The van der Waals surface area contributed by atoms with Gasteiger partial charge in [0, 0.05) is 12.2 Å². The van der Waals surface area contributed by atoms with Crippen molar-refractivity contribution in [3.8, 4) is 5.75 Å². The standard InChI is InChI=1S/C15H21NO3/c1-2-3-8-18-9-10-19-13-5-6-14-12(11-13)4-7-15(14)16-17/h5-6,11,17H,2-4,7-10H2,1H3/b16-15+. The molecule has 0 spiro atoms. The average Bonchev–Trinajstić information content (AvgIpc) is 2.85. The van der Waals surface area contributed by atoms with Crippen molar-refractivity contribution < 1.29 is 14.7 Å². The summed E-state index contributed by atoms with van der Waals surface area (Å²) >= 11 is 0. The summed E-state index contributed by atoms with van der Waals surface area (Å²) in [7, 11) is 0. The van der Waals surface area contributed by atoms with Gasteiger partial charge < -0.3 is 14.7 Å². The first-order valence-electron chi connectivity index (χ1n) is 6.90. The smallest absolute Gasteiger partial charge is 0.119 e. The molecule has 1 aliphatic rings. The minimum atomic E-state index is 0.573. The molecule has 0 saturated carbocycles. The third-order valence-corrected chi connectivity index (χ3v) is 3.28. The summed E-state index contributed by atoms with van der Waals surface area (Å²) in [5.74, 6) is 0.858. The quantitative estimate of drug-likeness (QED) is 0.467. The van der Waals surface area contributed by atoms with Crippen LogP contribution in [0.1, 0.15) is 37.3 Å². The van der Waals surface area contributed by atoms with Crippen LogP contribution in [-0.4, -0.2) is 30.7 Å². The van der Waals surface area contributed by atoms with Gasteiger partial charge in [0.2, 0.25) is 0 Å². The monoisotopic (exact) mass is 263 g/mol. The third kappa shape index (κ3) is 3.70. The number of nitrogens with zero attached hydrogens (tertiary/aromatic N) is 1. The summed E-state index contributed by atoms with van der Waals surface area (Å²) in [4.78, 5) is 0. The van der Waals surface area contributed by atoms with E-state index >= 15 is 0 Å². The van der Waals surface area contributed by atoms with E-state index in [1.54, 1.807) is 0 Å². The van der Waals surface area contributed by atoms with Crippen LogP contribution < -0.4 is 4.74 Å². The van der Waals surface area contributed by atoms with Crippen molar-refractivity contribution in [1.29, 1.82) is 0 Å². The van der Waals surface area contributed by atoms with E-state index in [1.165, 1.54) is 5.56 Å². The Morgan fingerprint density at radius 2 is 2.11 bits per heavy atom. The van der Waals surface area contributed by atoms with Crippen molar-refractivity contribution in [2.45, 2.75) is 32.6 Å². The first-order chi connectivity index (χ1) is 9.35. The fraction of sp³-hybridized carbons (Fsp3) is 0.533.